The Hall–Kier alpha value is -3.34. The Morgan fingerprint density at radius 2 is 1.88 bits per heavy atom. The first-order valence-electron chi connectivity index (χ1n) is 9.09. The minimum absolute atomic E-state index is 0.119. The average Bonchev–Trinajstić information content (AvgIpc) is 3.30. The number of amides is 1. The summed E-state index contributed by atoms with van der Waals surface area (Å²) < 4.78 is 33.4. The highest BCUT2D eigenvalue weighted by molar-refractivity contribution is 7.92. The van der Waals surface area contributed by atoms with Crippen LogP contribution >= 0.6 is 22.9 Å². The smallest absolute Gasteiger partial charge is 0.265 e. The van der Waals surface area contributed by atoms with Crippen LogP contribution in [0, 0.1) is 0 Å². The van der Waals surface area contributed by atoms with E-state index in [2.05, 4.69) is 15.0 Å². The van der Waals surface area contributed by atoms with Gasteiger partial charge in [0.2, 0.25) is 5.91 Å². The first-order valence-corrected chi connectivity index (χ1v) is 11.8. The zero-order chi connectivity index (χ0) is 23.1. The molecule has 0 radical (unpaired) electrons. The fourth-order valence-corrected chi connectivity index (χ4v) is 4.56. The number of aliphatic imine (C=N–C) groups is 1. The number of carbonyl (C=O) groups excluding carboxylic acids is 1. The van der Waals surface area contributed by atoms with Crippen molar-refractivity contribution in [3.8, 4) is 5.75 Å². The summed E-state index contributed by atoms with van der Waals surface area (Å²) in [4.78, 5) is 16.9. The number of carbonyl (C=O) groups is 1. The number of rotatable bonds is 8. The van der Waals surface area contributed by atoms with E-state index in [1.165, 1.54) is 61.1 Å². The number of nitrogens with two attached hydrogens (primary N) is 1. The summed E-state index contributed by atoms with van der Waals surface area (Å²) in [5.41, 5.74) is 6.42. The lowest BCUT2D eigenvalue weighted by Crippen LogP contribution is -2.15. The first kappa shape index (κ1) is 23.3. The number of nitrogens with one attached hydrogen (secondary N) is 2. The van der Waals surface area contributed by atoms with E-state index in [-0.39, 0.29) is 22.2 Å². The zero-order valence-electron chi connectivity index (χ0n) is 16.8. The normalized spacial score (nSPS) is 12.0. The summed E-state index contributed by atoms with van der Waals surface area (Å²) >= 11 is 7.27. The second kappa shape index (κ2) is 10.3. The van der Waals surface area contributed by atoms with Crippen molar-refractivity contribution >= 4 is 56.1 Å². The summed E-state index contributed by atoms with van der Waals surface area (Å²) in [7, 11) is -2.65. The highest BCUT2D eigenvalue weighted by Gasteiger charge is 2.21. The first-order chi connectivity index (χ1) is 15.3. The van der Waals surface area contributed by atoms with E-state index in [0.717, 1.165) is 4.88 Å². The molecule has 3 aromatic rings. The summed E-state index contributed by atoms with van der Waals surface area (Å²) in [5, 5.41) is 4.93. The number of nitrogens with zero attached hydrogens (tertiary/aromatic N) is 1. The molecule has 166 valence electrons. The van der Waals surface area contributed by atoms with Crippen molar-refractivity contribution < 1.29 is 17.9 Å². The Labute approximate surface area is 194 Å². The van der Waals surface area contributed by atoms with Gasteiger partial charge in [-0.25, -0.2) is 13.4 Å². The van der Waals surface area contributed by atoms with Gasteiger partial charge in [0, 0.05) is 28.7 Å². The third-order valence-electron chi connectivity index (χ3n) is 4.03. The maximum absolute atomic E-state index is 12.9. The van der Waals surface area contributed by atoms with Crippen molar-refractivity contribution in [3.63, 3.8) is 0 Å². The van der Waals surface area contributed by atoms with Crippen molar-refractivity contribution in [1.29, 1.82) is 0 Å². The van der Waals surface area contributed by atoms with E-state index in [0.29, 0.717) is 10.7 Å². The minimum Gasteiger partial charge on any atom is -0.495 e. The molecule has 11 heteroatoms. The molecule has 1 aromatic heterocycles. The number of sulfonamides is 1. The lowest BCUT2D eigenvalue weighted by Gasteiger charge is -2.13. The number of halogens is 1. The molecule has 32 heavy (non-hydrogen) atoms. The Morgan fingerprint density at radius 3 is 2.53 bits per heavy atom. The van der Waals surface area contributed by atoms with Gasteiger partial charge >= 0.3 is 0 Å². The van der Waals surface area contributed by atoms with Crippen LogP contribution < -0.4 is 20.5 Å². The molecule has 3 rings (SSSR count). The Bertz CT molecular complexity index is 1260. The van der Waals surface area contributed by atoms with Crippen LogP contribution in [-0.2, 0) is 14.8 Å². The van der Waals surface area contributed by atoms with Crippen LogP contribution in [-0.4, -0.2) is 27.3 Å². The monoisotopic (exact) mass is 490 g/mol. The number of amidine groups is 1. The van der Waals surface area contributed by atoms with Gasteiger partial charge < -0.3 is 15.8 Å². The molecule has 0 bridgehead atoms. The van der Waals surface area contributed by atoms with Crippen molar-refractivity contribution in [2.75, 3.05) is 17.1 Å². The van der Waals surface area contributed by atoms with Crippen molar-refractivity contribution in [2.45, 2.75) is 4.90 Å². The number of methoxy groups -OCH3 is 1. The van der Waals surface area contributed by atoms with Gasteiger partial charge in [-0.2, -0.15) is 0 Å². The van der Waals surface area contributed by atoms with Gasteiger partial charge in [-0.1, -0.05) is 17.7 Å². The molecule has 8 nitrogen and oxygen atoms in total. The van der Waals surface area contributed by atoms with E-state index in [1.807, 2.05) is 17.5 Å². The molecule has 4 N–H and O–H groups in total. The second-order valence-electron chi connectivity index (χ2n) is 6.27. The summed E-state index contributed by atoms with van der Waals surface area (Å²) in [5.74, 6) is -0.101. The van der Waals surface area contributed by atoms with Crippen molar-refractivity contribution in [2.24, 2.45) is 10.7 Å². The number of hydrogen-bond donors (Lipinski definition) is 3. The molecule has 1 amide bonds. The summed E-state index contributed by atoms with van der Waals surface area (Å²) in [6.45, 7) is 0. The fraction of sp³-hybridized carbons (Fsp3) is 0.0476. The largest absolute Gasteiger partial charge is 0.495 e. The van der Waals surface area contributed by atoms with Gasteiger partial charge in [-0.15, -0.1) is 11.3 Å². The number of benzene rings is 2. The maximum atomic E-state index is 12.9. The number of anilines is 2. The van der Waals surface area contributed by atoms with Crippen molar-refractivity contribution in [1.82, 2.24) is 0 Å². The van der Waals surface area contributed by atoms with Gasteiger partial charge in [0.1, 0.15) is 16.5 Å². The molecule has 0 aliphatic heterocycles. The molecule has 0 fully saturated rings. The van der Waals surface area contributed by atoms with Crippen LogP contribution in [0.25, 0.3) is 0 Å². The van der Waals surface area contributed by atoms with Crippen LogP contribution in [0.15, 0.2) is 82.1 Å². The third-order valence-corrected chi connectivity index (χ3v) is 6.58. The van der Waals surface area contributed by atoms with E-state index in [9.17, 15) is 13.2 Å². The molecular formula is C21H19ClN4O4S2. The molecule has 0 saturated heterocycles. The van der Waals surface area contributed by atoms with Gasteiger partial charge in [-0.3, -0.25) is 9.52 Å². The quantitative estimate of drug-likeness (QED) is 0.249. The highest BCUT2D eigenvalue weighted by Crippen LogP contribution is 2.29. The molecule has 0 aliphatic rings. The zero-order valence-corrected chi connectivity index (χ0v) is 19.2. The maximum Gasteiger partial charge on any atom is 0.265 e. The molecule has 0 atom stereocenters. The minimum atomic E-state index is -4.01. The molecule has 1 heterocycles. The molecule has 2 aromatic carbocycles. The highest BCUT2D eigenvalue weighted by atomic mass is 35.5. The molecular weight excluding hydrogens is 472 g/mol. The lowest BCUT2D eigenvalue weighted by molar-refractivity contribution is -0.111. The van der Waals surface area contributed by atoms with Crippen LogP contribution in [0.2, 0.25) is 5.02 Å². The number of ether oxygens (including phenoxy) is 1. The summed E-state index contributed by atoms with van der Waals surface area (Å²) in [6, 6.07) is 14.1. The predicted octanol–water partition coefficient (Wildman–Crippen LogP) is 4.07. The fourth-order valence-electron chi connectivity index (χ4n) is 2.55. The summed E-state index contributed by atoms with van der Waals surface area (Å²) in [6.07, 6.45) is 2.46. The van der Waals surface area contributed by atoms with Gasteiger partial charge in [0.05, 0.1) is 12.0 Å². The molecule has 0 aliphatic carbocycles. The van der Waals surface area contributed by atoms with E-state index < -0.39 is 15.9 Å². The standard InChI is InChI=1S/C21H19ClN4O4S2/c1-30-17-9-8-16(25-20(27)10-11-24-21(23)18-3-2-12-31-18)13-19(17)32(28,29)26-15-6-4-14(22)5-7-15/h2-13,26H,1H3,(H2,23,24)(H,25,27)/b11-10+. The number of hydrogen-bond acceptors (Lipinski definition) is 6. The van der Waals surface area contributed by atoms with Gasteiger partial charge in [0.15, 0.2) is 0 Å². The Kier molecular flexibility index (Phi) is 7.52. The molecule has 0 unspecified atom stereocenters. The van der Waals surface area contributed by atoms with E-state index >= 15 is 0 Å². The van der Waals surface area contributed by atoms with Crippen LogP contribution in [0.5, 0.6) is 5.75 Å². The third kappa shape index (κ3) is 6.10. The van der Waals surface area contributed by atoms with E-state index in [4.69, 9.17) is 22.1 Å². The number of thiophene rings is 1. The van der Waals surface area contributed by atoms with Crippen molar-refractivity contribution in [3.05, 3.63) is 82.2 Å². The predicted molar refractivity (Wildman–Crippen MR) is 128 cm³/mol. The van der Waals surface area contributed by atoms with E-state index in [1.54, 1.807) is 12.1 Å². The van der Waals surface area contributed by atoms with Crippen LogP contribution in [0.4, 0.5) is 11.4 Å². The average molecular weight is 491 g/mol. The van der Waals surface area contributed by atoms with Crippen LogP contribution in [0.3, 0.4) is 0 Å². The molecule has 0 spiro atoms. The topological polar surface area (TPSA) is 123 Å². The van der Waals surface area contributed by atoms with Crippen LogP contribution in [0.1, 0.15) is 4.88 Å². The lowest BCUT2D eigenvalue weighted by atomic mass is 10.3. The Balaban J connectivity index is 1.76. The van der Waals surface area contributed by atoms with Gasteiger partial charge in [-0.05, 0) is 53.9 Å². The Morgan fingerprint density at radius 1 is 1.16 bits per heavy atom. The van der Waals surface area contributed by atoms with Gasteiger partial charge in [0.25, 0.3) is 10.0 Å². The molecule has 0 saturated carbocycles. The second-order valence-corrected chi connectivity index (χ2v) is 9.31. The SMILES string of the molecule is COc1ccc(NC(=O)/C=C/N=C(\N)c2cccs2)cc1S(=O)(=O)Nc1ccc(Cl)cc1.